The molecule has 0 radical (unpaired) electrons. The largest absolute Gasteiger partial charge is 0.390 e. The van der Waals surface area contributed by atoms with Gasteiger partial charge >= 0.3 is 0 Å². The summed E-state index contributed by atoms with van der Waals surface area (Å²) in [6.45, 7) is 5.89. The van der Waals surface area contributed by atoms with Crippen molar-refractivity contribution in [3.63, 3.8) is 0 Å². The molecule has 3 nitrogen and oxygen atoms in total. The minimum atomic E-state index is -1.62. The first-order valence-corrected chi connectivity index (χ1v) is 9.67. The van der Waals surface area contributed by atoms with E-state index in [1.165, 1.54) is 0 Å². The van der Waals surface area contributed by atoms with Gasteiger partial charge in [0.25, 0.3) is 0 Å². The number of ketones is 1. The van der Waals surface area contributed by atoms with Crippen molar-refractivity contribution in [2.75, 3.05) is 0 Å². The van der Waals surface area contributed by atoms with Crippen molar-refractivity contribution in [2.24, 2.45) is 28.6 Å². The van der Waals surface area contributed by atoms with E-state index in [2.05, 4.69) is 0 Å². The Hall–Kier alpha value is -0.480. The lowest BCUT2D eigenvalue weighted by Gasteiger charge is -2.65. The van der Waals surface area contributed by atoms with Gasteiger partial charge in [0, 0.05) is 23.7 Å². The number of aliphatic hydroxyl groups excluding tert-OH is 1. The fraction of sp³-hybridized carbons (Fsp3) is 0.950. The van der Waals surface area contributed by atoms with Crippen LogP contribution in [-0.4, -0.2) is 33.4 Å². The SMILES string of the molecule is C[C@]1(O)CC[C@@H]2[C@@H]3CC[C@H]4CC(=O)CC[C@]4(C)[C@@]3(F)[C@H](O)C[C@@]21C. The molecule has 8 atom stereocenters. The Morgan fingerprint density at radius 2 is 1.75 bits per heavy atom. The first-order chi connectivity index (χ1) is 11.1. The maximum Gasteiger partial charge on any atom is 0.145 e. The lowest BCUT2D eigenvalue weighted by Crippen LogP contribution is -2.70. The molecule has 0 aromatic heterocycles. The summed E-state index contributed by atoms with van der Waals surface area (Å²) in [6.07, 6.45) is 3.89. The molecule has 4 fully saturated rings. The molecule has 0 saturated heterocycles. The summed E-state index contributed by atoms with van der Waals surface area (Å²) in [7, 11) is 0. The summed E-state index contributed by atoms with van der Waals surface area (Å²) in [5, 5.41) is 21.9. The Labute approximate surface area is 144 Å². The van der Waals surface area contributed by atoms with Crippen LogP contribution < -0.4 is 0 Å². The van der Waals surface area contributed by atoms with Gasteiger partial charge in [0.05, 0.1) is 11.7 Å². The van der Waals surface area contributed by atoms with Crippen LogP contribution in [0.4, 0.5) is 4.39 Å². The minimum absolute atomic E-state index is 0.0564. The predicted octanol–water partition coefficient (Wildman–Crippen LogP) is 3.41. The molecule has 0 unspecified atom stereocenters. The number of carbonyl (C=O) groups is 1. The number of alkyl halides is 1. The van der Waals surface area contributed by atoms with Crippen LogP contribution in [0.5, 0.6) is 0 Å². The van der Waals surface area contributed by atoms with Gasteiger partial charge in [0.15, 0.2) is 0 Å². The number of Topliss-reactive ketones (excluding diaryl/α,β-unsaturated/α-hetero) is 1. The van der Waals surface area contributed by atoms with E-state index in [0.29, 0.717) is 32.1 Å². The van der Waals surface area contributed by atoms with E-state index in [0.717, 1.165) is 19.3 Å². The van der Waals surface area contributed by atoms with Gasteiger partial charge in [-0.25, -0.2) is 4.39 Å². The van der Waals surface area contributed by atoms with Gasteiger partial charge in [0.1, 0.15) is 11.5 Å². The van der Waals surface area contributed by atoms with E-state index in [-0.39, 0.29) is 23.5 Å². The van der Waals surface area contributed by atoms with Crippen LogP contribution in [0, 0.1) is 28.6 Å². The zero-order valence-electron chi connectivity index (χ0n) is 15.1. The quantitative estimate of drug-likeness (QED) is 0.711. The maximum absolute atomic E-state index is 16.7. The van der Waals surface area contributed by atoms with Crippen molar-refractivity contribution in [2.45, 2.75) is 89.5 Å². The lowest BCUT2D eigenvalue weighted by atomic mass is 9.42. The summed E-state index contributed by atoms with van der Waals surface area (Å²) in [4.78, 5) is 11.9. The van der Waals surface area contributed by atoms with E-state index < -0.39 is 28.2 Å². The molecule has 0 aromatic rings. The highest BCUT2D eigenvalue weighted by Crippen LogP contribution is 2.70. The third-order valence-corrected chi connectivity index (χ3v) is 9.12. The average molecular weight is 338 g/mol. The van der Waals surface area contributed by atoms with Gasteiger partial charge in [-0.15, -0.1) is 0 Å². The van der Waals surface area contributed by atoms with Gasteiger partial charge in [0.2, 0.25) is 0 Å². The number of hydrogen-bond donors (Lipinski definition) is 2. The number of aliphatic hydroxyl groups is 2. The molecule has 136 valence electrons. The Morgan fingerprint density at radius 3 is 2.46 bits per heavy atom. The third kappa shape index (κ3) is 1.77. The fourth-order valence-corrected chi connectivity index (χ4v) is 7.27. The highest BCUT2D eigenvalue weighted by Gasteiger charge is 2.73. The molecule has 24 heavy (non-hydrogen) atoms. The number of hydrogen-bond acceptors (Lipinski definition) is 3. The minimum Gasteiger partial charge on any atom is -0.390 e. The zero-order chi connectivity index (χ0) is 17.5. The summed E-state index contributed by atoms with van der Waals surface area (Å²) >= 11 is 0. The Balaban J connectivity index is 1.77. The standard InChI is InChI=1S/C20H31FO3/c1-17-8-6-13(22)10-12(17)4-5-15-14-7-9-19(3,24)18(14,2)11-16(23)20(15,17)21/h12,14-16,23-24H,4-11H2,1-3H3/t12-,14+,15-,16+,17-,18-,19-,20-/m0/s1. The molecule has 0 amide bonds. The van der Waals surface area contributed by atoms with Gasteiger partial charge in [-0.3, -0.25) is 4.79 Å². The molecule has 4 aliphatic carbocycles. The monoisotopic (exact) mass is 338 g/mol. The molecular weight excluding hydrogens is 307 g/mol. The smallest absolute Gasteiger partial charge is 0.145 e. The van der Waals surface area contributed by atoms with E-state index in [1.807, 2.05) is 20.8 Å². The van der Waals surface area contributed by atoms with Gasteiger partial charge in [-0.2, -0.15) is 0 Å². The van der Waals surface area contributed by atoms with Crippen molar-refractivity contribution in [3.8, 4) is 0 Å². The molecule has 0 aromatic carbocycles. The zero-order valence-corrected chi connectivity index (χ0v) is 15.1. The topological polar surface area (TPSA) is 57.5 Å². The third-order valence-electron chi connectivity index (χ3n) is 9.12. The molecule has 4 aliphatic rings. The molecular formula is C20H31FO3. The Kier molecular flexibility index (Phi) is 3.41. The molecule has 4 saturated carbocycles. The van der Waals surface area contributed by atoms with Crippen molar-refractivity contribution in [3.05, 3.63) is 0 Å². The molecule has 0 spiro atoms. The van der Waals surface area contributed by atoms with Crippen molar-refractivity contribution in [1.29, 1.82) is 0 Å². The number of carbonyl (C=O) groups excluding carboxylic acids is 1. The van der Waals surface area contributed by atoms with E-state index in [4.69, 9.17) is 0 Å². The number of halogens is 1. The second kappa shape index (κ2) is 4.82. The van der Waals surface area contributed by atoms with E-state index >= 15 is 4.39 Å². The van der Waals surface area contributed by atoms with E-state index in [9.17, 15) is 15.0 Å². The second-order valence-corrected chi connectivity index (χ2v) is 9.87. The number of rotatable bonds is 0. The van der Waals surface area contributed by atoms with Crippen LogP contribution in [0.2, 0.25) is 0 Å². The molecule has 0 heterocycles. The molecule has 4 heteroatoms. The Morgan fingerprint density at radius 1 is 1.04 bits per heavy atom. The van der Waals surface area contributed by atoms with E-state index in [1.54, 1.807) is 0 Å². The van der Waals surface area contributed by atoms with Crippen LogP contribution in [0.3, 0.4) is 0 Å². The van der Waals surface area contributed by atoms with Crippen molar-refractivity contribution >= 4 is 5.78 Å². The molecule has 0 bridgehead atoms. The summed E-state index contributed by atoms with van der Waals surface area (Å²) in [5.74, 6) is 0.227. The normalized spacial score (nSPS) is 60.3. The average Bonchev–Trinajstić information content (AvgIpc) is 2.72. The summed E-state index contributed by atoms with van der Waals surface area (Å²) in [5.41, 5.74) is -3.49. The van der Waals surface area contributed by atoms with Crippen molar-refractivity contribution < 1.29 is 19.4 Å². The molecule has 2 N–H and O–H groups in total. The summed E-state index contributed by atoms with van der Waals surface area (Å²) < 4.78 is 16.7. The summed E-state index contributed by atoms with van der Waals surface area (Å²) in [6, 6.07) is 0. The maximum atomic E-state index is 16.7. The first-order valence-electron chi connectivity index (χ1n) is 9.67. The Bertz CT molecular complexity index is 575. The number of fused-ring (bicyclic) bond motifs is 5. The van der Waals surface area contributed by atoms with Crippen LogP contribution in [0.15, 0.2) is 0 Å². The fourth-order valence-electron chi connectivity index (χ4n) is 7.27. The van der Waals surface area contributed by atoms with Crippen LogP contribution in [0.25, 0.3) is 0 Å². The van der Waals surface area contributed by atoms with Crippen molar-refractivity contribution in [1.82, 2.24) is 0 Å². The van der Waals surface area contributed by atoms with Crippen LogP contribution in [-0.2, 0) is 4.79 Å². The highest BCUT2D eigenvalue weighted by molar-refractivity contribution is 5.79. The first kappa shape index (κ1) is 17.0. The van der Waals surface area contributed by atoms with Crippen LogP contribution in [0.1, 0.15) is 72.1 Å². The predicted molar refractivity (Wildman–Crippen MR) is 89.1 cm³/mol. The lowest BCUT2D eigenvalue weighted by molar-refractivity contribution is -0.254. The molecule has 4 rings (SSSR count). The van der Waals surface area contributed by atoms with Crippen LogP contribution >= 0.6 is 0 Å². The molecule has 0 aliphatic heterocycles. The van der Waals surface area contributed by atoms with Gasteiger partial charge < -0.3 is 10.2 Å². The second-order valence-electron chi connectivity index (χ2n) is 9.87. The highest BCUT2D eigenvalue weighted by atomic mass is 19.1. The van der Waals surface area contributed by atoms with Gasteiger partial charge in [-0.05, 0) is 63.2 Å². The van der Waals surface area contributed by atoms with Gasteiger partial charge in [-0.1, -0.05) is 13.8 Å².